The van der Waals surface area contributed by atoms with Gasteiger partial charge in [0.05, 0.1) is 0 Å². The third-order valence-electron chi connectivity index (χ3n) is 0.535. The van der Waals surface area contributed by atoms with Crippen molar-refractivity contribution < 1.29 is 38.6 Å². The fourth-order valence-corrected chi connectivity index (χ4v) is 0.395. The van der Waals surface area contributed by atoms with Crippen molar-refractivity contribution in [1.29, 1.82) is 0 Å². The molecular formula is C4H3AgF4. The SMILES string of the molecule is C[C]([Ag])=C(F)C(F)(F)F. The van der Waals surface area contributed by atoms with Crippen molar-refractivity contribution in [3.8, 4) is 0 Å². The minimum absolute atomic E-state index is 0.535. The van der Waals surface area contributed by atoms with Crippen LogP contribution in [0.1, 0.15) is 6.92 Å². The van der Waals surface area contributed by atoms with Gasteiger partial charge in [-0.25, -0.2) is 0 Å². The Labute approximate surface area is 61.8 Å². The van der Waals surface area contributed by atoms with E-state index in [2.05, 4.69) is 21.1 Å². The maximum atomic E-state index is 11.7. The molecule has 0 saturated heterocycles. The van der Waals surface area contributed by atoms with E-state index in [4.69, 9.17) is 0 Å². The minimum atomic E-state index is -4.85. The summed E-state index contributed by atoms with van der Waals surface area (Å²) in [6, 6.07) is 0. The second kappa shape index (κ2) is 2.86. The molecule has 0 spiro atoms. The summed E-state index contributed by atoms with van der Waals surface area (Å²) in [5.74, 6) is -2.08. The summed E-state index contributed by atoms with van der Waals surface area (Å²) in [7, 11) is 0. The van der Waals surface area contributed by atoms with Gasteiger partial charge < -0.3 is 0 Å². The van der Waals surface area contributed by atoms with Crippen LogP contribution in [-0.2, 0) is 21.1 Å². The molecule has 0 aliphatic heterocycles. The van der Waals surface area contributed by atoms with Gasteiger partial charge in [-0.1, -0.05) is 0 Å². The van der Waals surface area contributed by atoms with E-state index in [-0.39, 0.29) is 0 Å². The first-order valence-corrected chi connectivity index (χ1v) is 2.65. The molecule has 58 valence electrons. The molecular weight excluding hydrogens is 232 g/mol. The summed E-state index contributed by atoms with van der Waals surface area (Å²) in [6.45, 7) is 0.988. The molecule has 0 radical (unpaired) electrons. The number of hydrogen-bond donors (Lipinski definition) is 0. The van der Waals surface area contributed by atoms with Gasteiger partial charge in [-0.2, -0.15) is 0 Å². The molecule has 0 bridgehead atoms. The molecule has 0 N–H and O–H groups in total. The predicted molar refractivity (Wildman–Crippen MR) is 19.9 cm³/mol. The van der Waals surface area contributed by atoms with Gasteiger partial charge in [-0.15, -0.1) is 0 Å². The van der Waals surface area contributed by atoms with Gasteiger partial charge in [0.15, 0.2) is 0 Å². The summed E-state index contributed by atoms with van der Waals surface area (Å²) in [5, 5.41) is 0. The Morgan fingerprint density at radius 2 is 1.67 bits per heavy atom. The van der Waals surface area contributed by atoms with E-state index in [1.807, 2.05) is 0 Å². The normalized spacial score (nSPS) is 15.4. The predicted octanol–water partition coefficient (Wildman–Crippen LogP) is 2.30. The quantitative estimate of drug-likeness (QED) is 0.446. The summed E-state index contributed by atoms with van der Waals surface area (Å²) in [5.41, 5.74) is 0. The van der Waals surface area contributed by atoms with Crippen LogP contribution in [0.4, 0.5) is 17.6 Å². The molecule has 9 heavy (non-hydrogen) atoms. The van der Waals surface area contributed by atoms with E-state index in [9.17, 15) is 17.6 Å². The molecule has 0 aromatic rings. The zero-order valence-corrected chi connectivity index (χ0v) is 5.80. The molecule has 0 unspecified atom stereocenters. The molecule has 0 heterocycles. The molecule has 0 nitrogen and oxygen atoms in total. The van der Waals surface area contributed by atoms with Crippen LogP contribution in [0.2, 0.25) is 0 Å². The molecule has 0 atom stereocenters. The monoisotopic (exact) mass is 234 g/mol. The van der Waals surface area contributed by atoms with E-state index in [0.29, 0.717) is 0 Å². The van der Waals surface area contributed by atoms with E-state index in [1.165, 1.54) is 0 Å². The molecule has 0 fully saturated rings. The average molecular weight is 235 g/mol. The van der Waals surface area contributed by atoms with E-state index >= 15 is 0 Å². The van der Waals surface area contributed by atoms with Crippen LogP contribution in [-0.4, -0.2) is 6.18 Å². The Morgan fingerprint density at radius 1 is 1.33 bits per heavy atom. The Morgan fingerprint density at radius 3 is 1.67 bits per heavy atom. The summed E-state index contributed by atoms with van der Waals surface area (Å²) in [4.78, 5) is 0. The topological polar surface area (TPSA) is 0 Å². The van der Waals surface area contributed by atoms with Crippen molar-refractivity contribution in [2.24, 2.45) is 0 Å². The van der Waals surface area contributed by atoms with Crippen LogP contribution >= 0.6 is 0 Å². The van der Waals surface area contributed by atoms with E-state index in [0.717, 1.165) is 6.92 Å². The Bertz CT molecular complexity index is 130. The summed E-state index contributed by atoms with van der Waals surface area (Å²) >= 11 is 2.38. The maximum absolute atomic E-state index is 11.7. The number of hydrogen-bond acceptors (Lipinski definition) is 0. The first-order valence-electron chi connectivity index (χ1n) is 1.91. The van der Waals surface area contributed by atoms with Gasteiger partial charge >= 0.3 is 61.3 Å². The first-order chi connectivity index (χ1) is 3.85. The standard InChI is InChI=1S/C4H3F4.Ag/c1-2-3(5)4(6,7)8;/h1H3;. The van der Waals surface area contributed by atoms with Crippen molar-refractivity contribution in [2.75, 3.05) is 0 Å². The van der Waals surface area contributed by atoms with Crippen molar-refractivity contribution >= 4 is 0 Å². The molecule has 0 rings (SSSR count). The molecule has 0 amide bonds. The second-order valence-corrected chi connectivity index (χ2v) is 2.40. The molecule has 0 aromatic carbocycles. The van der Waals surface area contributed by atoms with Crippen molar-refractivity contribution in [3.63, 3.8) is 0 Å². The molecule has 0 aliphatic rings. The Hall–Kier alpha value is 0.200. The van der Waals surface area contributed by atoms with Gasteiger partial charge in [-0.3, -0.25) is 0 Å². The van der Waals surface area contributed by atoms with Crippen LogP contribution in [0.3, 0.4) is 0 Å². The molecule has 0 aromatic heterocycles. The number of allylic oxidation sites excluding steroid dienone is 2. The van der Waals surface area contributed by atoms with Gasteiger partial charge in [0, 0.05) is 0 Å². The molecule has 0 aliphatic carbocycles. The van der Waals surface area contributed by atoms with Gasteiger partial charge in [0.2, 0.25) is 0 Å². The fourth-order valence-electron chi connectivity index (χ4n) is 0.184. The fraction of sp³-hybridized carbons (Fsp3) is 0.500. The number of alkyl halides is 3. The van der Waals surface area contributed by atoms with E-state index < -0.39 is 15.8 Å². The molecule has 5 heteroatoms. The Balaban J connectivity index is 4.40. The third kappa shape index (κ3) is 3.03. The van der Waals surface area contributed by atoms with Crippen molar-refractivity contribution in [1.82, 2.24) is 0 Å². The number of rotatable bonds is 0. The number of halogens is 4. The third-order valence-corrected chi connectivity index (χ3v) is 0.860. The zero-order valence-electron chi connectivity index (χ0n) is 4.31. The summed E-state index contributed by atoms with van der Waals surface area (Å²) in [6.07, 6.45) is -4.85. The zero-order chi connectivity index (χ0) is 7.65. The van der Waals surface area contributed by atoms with Gasteiger partial charge in [0.25, 0.3) is 0 Å². The van der Waals surface area contributed by atoms with Gasteiger partial charge in [-0.05, 0) is 0 Å². The average Bonchev–Trinajstić information content (AvgIpc) is 1.62. The Kier molecular flexibility index (Phi) is 2.92. The van der Waals surface area contributed by atoms with Crippen LogP contribution in [0.15, 0.2) is 9.62 Å². The van der Waals surface area contributed by atoms with Crippen LogP contribution in [0.5, 0.6) is 0 Å². The van der Waals surface area contributed by atoms with Crippen LogP contribution in [0, 0.1) is 0 Å². The van der Waals surface area contributed by atoms with Crippen LogP contribution in [0.25, 0.3) is 0 Å². The first kappa shape index (κ1) is 9.20. The van der Waals surface area contributed by atoms with Gasteiger partial charge in [0.1, 0.15) is 0 Å². The van der Waals surface area contributed by atoms with Crippen molar-refractivity contribution in [3.05, 3.63) is 9.62 Å². The van der Waals surface area contributed by atoms with E-state index in [1.54, 1.807) is 0 Å². The molecule has 0 saturated carbocycles. The summed E-state index contributed by atoms with van der Waals surface area (Å²) < 4.78 is 44.9. The second-order valence-electron chi connectivity index (χ2n) is 1.29. The van der Waals surface area contributed by atoms with Crippen LogP contribution < -0.4 is 0 Å². The van der Waals surface area contributed by atoms with Crippen molar-refractivity contribution in [2.45, 2.75) is 13.1 Å².